The number of hydrogen-bond acceptors (Lipinski definition) is 4. The highest BCUT2D eigenvalue weighted by Crippen LogP contribution is 2.21. The molecule has 2 saturated heterocycles. The summed E-state index contributed by atoms with van der Waals surface area (Å²) in [6.07, 6.45) is 1.09. The minimum absolute atomic E-state index is 0.198. The molecule has 1 atom stereocenters. The van der Waals surface area contributed by atoms with Gasteiger partial charge in [-0.05, 0) is 30.7 Å². The Bertz CT molecular complexity index is 532. The van der Waals surface area contributed by atoms with Crippen LogP contribution in [0.4, 0.5) is 0 Å². The molecule has 1 amide bonds. The maximum absolute atomic E-state index is 13.1. The number of benzene rings is 1. The summed E-state index contributed by atoms with van der Waals surface area (Å²) in [6.45, 7) is 7.44. The second-order valence-electron chi connectivity index (χ2n) is 6.31. The van der Waals surface area contributed by atoms with Crippen LogP contribution in [0.3, 0.4) is 0 Å². The van der Waals surface area contributed by atoms with Crippen molar-refractivity contribution in [1.29, 1.82) is 0 Å². The average Bonchev–Trinajstić information content (AvgIpc) is 2.81. The first-order valence-corrected chi connectivity index (χ1v) is 9.65. The van der Waals surface area contributed by atoms with Crippen molar-refractivity contribution in [2.45, 2.75) is 19.4 Å². The quantitative estimate of drug-likeness (QED) is 0.849. The zero-order valence-electron chi connectivity index (χ0n) is 13.9. The molecule has 2 aliphatic heterocycles. The van der Waals surface area contributed by atoms with Crippen LogP contribution in [0.25, 0.3) is 0 Å². The van der Waals surface area contributed by atoms with E-state index in [2.05, 4.69) is 9.80 Å². The Hall–Kier alpha value is -1.04. The average molecular weight is 334 g/mol. The van der Waals surface area contributed by atoms with E-state index in [9.17, 15) is 4.79 Å². The van der Waals surface area contributed by atoms with E-state index >= 15 is 0 Å². The lowest BCUT2D eigenvalue weighted by Gasteiger charge is -2.36. The molecule has 0 aliphatic carbocycles. The van der Waals surface area contributed by atoms with Gasteiger partial charge >= 0.3 is 0 Å². The first-order valence-electron chi connectivity index (χ1n) is 8.50. The van der Waals surface area contributed by atoms with E-state index in [0.717, 1.165) is 68.4 Å². The molecular formula is C18H26N2O2S. The van der Waals surface area contributed by atoms with Crippen LogP contribution in [0.2, 0.25) is 0 Å². The highest BCUT2D eigenvalue weighted by Gasteiger charge is 2.29. The largest absolute Gasteiger partial charge is 0.379 e. The first-order chi connectivity index (χ1) is 11.3. The van der Waals surface area contributed by atoms with Gasteiger partial charge in [-0.2, -0.15) is 11.8 Å². The topological polar surface area (TPSA) is 32.8 Å². The maximum Gasteiger partial charge on any atom is 0.254 e. The molecule has 0 bridgehead atoms. The summed E-state index contributed by atoms with van der Waals surface area (Å²) in [5.74, 6) is 2.38. The van der Waals surface area contributed by atoms with Gasteiger partial charge in [0.25, 0.3) is 5.91 Å². The smallest absolute Gasteiger partial charge is 0.254 e. The molecule has 23 heavy (non-hydrogen) atoms. The number of amides is 1. The maximum atomic E-state index is 13.1. The van der Waals surface area contributed by atoms with E-state index in [1.165, 1.54) is 0 Å². The fourth-order valence-corrected chi connectivity index (χ4v) is 4.35. The summed E-state index contributed by atoms with van der Waals surface area (Å²) in [6, 6.07) is 8.24. The van der Waals surface area contributed by atoms with Crippen LogP contribution in [0.15, 0.2) is 24.3 Å². The van der Waals surface area contributed by atoms with Crippen LogP contribution in [0.1, 0.15) is 22.3 Å². The standard InChI is InChI=1S/C18H26N2O2S/c1-15-5-2-3-6-17(15)18(21)20-7-4-12-23-14-16(20)13-19-8-10-22-11-9-19/h2-3,5-6,16H,4,7-14H2,1H3/t16-/m0/s1. The third kappa shape index (κ3) is 4.28. The fraction of sp³-hybridized carbons (Fsp3) is 0.611. The summed E-state index contributed by atoms with van der Waals surface area (Å²) in [4.78, 5) is 17.7. The van der Waals surface area contributed by atoms with Gasteiger partial charge in [0.05, 0.1) is 19.3 Å². The molecule has 3 rings (SSSR count). The van der Waals surface area contributed by atoms with E-state index in [0.29, 0.717) is 6.04 Å². The van der Waals surface area contributed by atoms with E-state index < -0.39 is 0 Å². The third-order valence-electron chi connectivity index (χ3n) is 4.65. The molecular weight excluding hydrogens is 308 g/mol. The van der Waals surface area contributed by atoms with Gasteiger partial charge in [-0.25, -0.2) is 0 Å². The number of aryl methyl sites for hydroxylation is 1. The number of morpholine rings is 1. The lowest BCUT2D eigenvalue weighted by atomic mass is 10.1. The molecule has 0 unspecified atom stereocenters. The molecule has 0 saturated carbocycles. The van der Waals surface area contributed by atoms with Crippen molar-refractivity contribution in [1.82, 2.24) is 9.80 Å². The summed E-state index contributed by atoms with van der Waals surface area (Å²) in [5.41, 5.74) is 1.92. The Morgan fingerprint density at radius 1 is 1.26 bits per heavy atom. The van der Waals surface area contributed by atoms with Gasteiger partial charge in [0.15, 0.2) is 0 Å². The fourth-order valence-electron chi connectivity index (χ4n) is 3.30. The molecule has 1 aromatic carbocycles. The van der Waals surface area contributed by atoms with Crippen molar-refractivity contribution in [3.63, 3.8) is 0 Å². The molecule has 2 heterocycles. The Morgan fingerprint density at radius 3 is 2.83 bits per heavy atom. The summed E-state index contributed by atoms with van der Waals surface area (Å²) in [7, 11) is 0. The molecule has 2 aliphatic rings. The lowest BCUT2D eigenvalue weighted by Crippen LogP contribution is -2.50. The van der Waals surface area contributed by atoms with Crippen LogP contribution in [0, 0.1) is 6.92 Å². The van der Waals surface area contributed by atoms with Crippen LogP contribution in [0.5, 0.6) is 0 Å². The summed E-state index contributed by atoms with van der Waals surface area (Å²) in [5, 5.41) is 0. The second-order valence-corrected chi connectivity index (χ2v) is 7.46. The van der Waals surface area contributed by atoms with Crippen molar-refractivity contribution in [3.8, 4) is 0 Å². The van der Waals surface area contributed by atoms with Crippen LogP contribution in [-0.2, 0) is 4.74 Å². The molecule has 0 N–H and O–H groups in total. The van der Waals surface area contributed by atoms with Gasteiger partial charge in [-0.3, -0.25) is 9.69 Å². The third-order valence-corrected chi connectivity index (χ3v) is 5.85. The van der Waals surface area contributed by atoms with E-state index in [4.69, 9.17) is 4.74 Å². The van der Waals surface area contributed by atoms with Crippen LogP contribution >= 0.6 is 11.8 Å². The number of nitrogens with zero attached hydrogens (tertiary/aromatic N) is 2. The van der Waals surface area contributed by atoms with E-state index in [1.807, 2.05) is 43.0 Å². The molecule has 0 aromatic heterocycles. The van der Waals surface area contributed by atoms with Gasteiger partial charge < -0.3 is 9.64 Å². The Morgan fingerprint density at radius 2 is 2.04 bits per heavy atom. The minimum Gasteiger partial charge on any atom is -0.379 e. The van der Waals surface area contributed by atoms with Gasteiger partial charge in [0.2, 0.25) is 0 Å². The number of carbonyl (C=O) groups is 1. The van der Waals surface area contributed by atoms with Gasteiger partial charge in [0.1, 0.15) is 0 Å². The van der Waals surface area contributed by atoms with E-state index in [-0.39, 0.29) is 5.91 Å². The van der Waals surface area contributed by atoms with Gasteiger partial charge in [-0.15, -0.1) is 0 Å². The number of ether oxygens (including phenoxy) is 1. The predicted octanol–water partition coefficient (Wildman–Crippen LogP) is 2.27. The predicted molar refractivity (Wildman–Crippen MR) is 95.2 cm³/mol. The molecule has 126 valence electrons. The van der Waals surface area contributed by atoms with Crippen molar-refractivity contribution < 1.29 is 9.53 Å². The number of rotatable bonds is 3. The van der Waals surface area contributed by atoms with Crippen molar-refractivity contribution in [2.75, 3.05) is 50.9 Å². The molecule has 4 nitrogen and oxygen atoms in total. The molecule has 0 radical (unpaired) electrons. The highest BCUT2D eigenvalue weighted by atomic mass is 32.2. The zero-order valence-corrected chi connectivity index (χ0v) is 14.7. The van der Waals surface area contributed by atoms with Gasteiger partial charge in [0, 0.05) is 37.5 Å². The number of carbonyl (C=O) groups excluding carboxylic acids is 1. The first kappa shape index (κ1) is 16.8. The summed E-state index contributed by atoms with van der Waals surface area (Å²) >= 11 is 1.98. The zero-order chi connectivity index (χ0) is 16.1. The van der Waals surface area contributed by atoms with E-state index in [1.54, 1.807) is 0 Å². The number of hydrogen-bond donors (Lipinski definition) is 0. The monoisotopic (exact) mass is 334 g/mol. The normalized spacial score (nSPS) is 23.5. The van der Waals surface area contributed by atoms with Crippen molar-refractivity contribution >= 4 is 17.7 Å². The van der Waals surface area contributed by atoms with Crippen LogP contribution < -0.4 is 0 Å². The molecule has 0 spiro atoms. The van der Waals surface area contributed by atoms with Gasteiger partial charge in [-0.1, -0.05) is 18.2 Å². The highest BCUT2D eigenvalue weighted by molar-refractivity contribution is 7.99. The number of thioether (sulfide) groups is 1. The summed E-state index contributed by atoms with van der Waals surface area (Å²) < 4.78 is 5.45. The van der Waals surface area contributed by atoms with Crippen LogP contribution in [-0.4, -0.2) is 72.6 Å². The Labute approximate surface area is 143 Å². The Balaban J connectivity index is 1.75. The molecule has 2 fully saturated rings. The Kier molecular flexibility index (Phi) is 5.97. The molecule has 5 heteroatoms. The SMILES string of the molecule is Cc1ccccc1C(=O)N1CCCSC[C@@H]1CN1CCOCC1. The van der Waals surface area contributed by atoms with Crippen molar-refractivity contribution in [2.24, 2.45) is 0 Å². The molecule has 1 aromatic rings. The minimum atomic E-state index is 0.198. The van der Waals surface area contributed by atoms with Crippen molar-refractivity contribution in [3.05, 3.63) is 35.4 Å². The lowest BCUT2D eigenvalue weighted by molar-refractivity contribution is 0.0245. The second kappa shape index (κ2) is 8.18.